The lowest BCUT2D eigenvalue weighted by Crippen LogP contribution is -2.37. The van der Waals surface area contributed by atoms with Gasteiger partial charge in [-0.3, -0.25) is 9.69 Å². The van der Waals surface area contributed by atoms with Crippen molar-refractivity contribution in [2.24, 2.45) is 0 Å². The minimum absolute atomic E-state index is 0.214. The normalized spacial score (nSPS) is 15.9. The second kappa shape index (κ2) is 7.97. The van der Waals surface area contributed by atoms with Crippen molar-refractivity contribution < 1.29 is 36.6 Å². The lowest BCUT2D eigenvalue weighted by Gasteiger charge is -2.22. The fourth-order valence-corrected chi connectivity index (χ4v) is 3.36. The molecular formula is C20H17F4N3O4. The van der Waals surface area contributed by atoms with Crippen LogP contribution in [0, 0.1) is 5.82 Å². The first-order chi connectivity index (χ1) is 14.7. The average Bonchev–Trinajstić information content (AvgIpc) is 3.08. The molecule has 3 amide bonds. The Labute approximate surface area is 174 Å². The molecule has 0 atom stereocenters. The van der Waals surface area contributed by atoms with Crippen molar-refractivity contribution in [2.45, 2.75) is 6.18 Å². The van der Waals surface area contributed by atoms with E-state index in [0.29, 0.717) is 49.1 Å². The molecule has 2 aromatic carbocycles. The number of benzene rings is 2. The van der Waals surface area contributed by atoms with Crippen LogP contribution in [0.2, 0.25) is 0 Å². The first-order valence-electron chi connectivity index (χ1n) is 9.35. The maximum atomic E-state index is 13.4. The highest BCUT2D eigenvalue weighted by molar-refractivity contribution is 5.99. The molecule has 0 aliphatic carbocycles. The second-order valence-corrected chi connectivity index (χ2v) is 6.92. The van der Waals surface area contributed by atoms with Crippen molar-refractivity contribution in [1.82, 2.24) is 4.90 Å². The second-order valence-electron chi connectivity index (χ2n) is 6.92. The molecule has 0 bridgehead atoms. The Kier molecular flexibility index (Phi) is 5.34. The summed E-state index contributed by atoms with van der Waals surface area (Å²) in [7, 11) is 0. The summed E-state index contributed by atoms with van der Waals surface area (Å²) in [6, 6.07) is 6.81. The standard InChI is InChI=1S/C20H17F4N3O4/c21-15-3-1-12(9-14(15)20(22,23)24)25-18(28)11-26-5-6-27(19(26)29)13-2-4-16-17(10-13)31-8-7-30-16/h1-4,9-10H,5-8,11H2,(H,25,28). The zero-order chi connectivity index (χ0) is 22.2. The van der Waals surface area contributed by atoms with Crippen molar-refractivity contribution in [3.05, 3.63) is 47.8 Å². The van der Waals surface area contributed by atoms with E-state index in [-0.39, 0.29) is 18.8 Å². The third kappa shape index (κ3) is 4.35. The number of ether oxygens (including phenoxy) is 2. The fourth-order valence-electron chi connectivity index (χ4n) is 3.36. The van der Waals surface area contributed by atoms with Crippen LogP contribution in [0.1, 0.15) is 5.56 Å². The molecule has 31 heavy (non-hydrogen) atoms. The molecule has 1 N–H and O–H groups in total. The van der Waals surface area contributed by atoms with E-state index in [1.165, 1.54) is 9.80 Å². The smallest absolute Gasteiger partial charge is 0.419 e. The Morgan fingerprint density at radius 3 is 2.52 bits per heavy atom. The average molecular weight is 439 g/mol. The number of carbonyl (C=O) groups excluding carboxylic acids is 2. The van der Waals surface area contributed by atoms with Crippen molar-refractivity contribution in [3.8, 4) is 11.5 Å². The predicted octanol–water partition coefficient (Wildman–Crippen LogP) is 3.50. The Balaban J connectivity index is 1.40. The topological polar surface area (TPSA) is 71.1 Å². The number of rotatable bonds is 4. The summed E-state index contributed by atoms with van der Waals surface area (Å²) in [5, 5.41) is 2.27. The zero-order valence-electron chi connectivity index (χ0n) is 16.0. The summed E-state index contributed by atoms with van der Waals surface area (Å²) in [5.41, 5.74) is -1.12. The number of carbonyl (C=O) groups is 2. The van der Waals surface area contributed by atoms with Gasteiger partial charge in [0.1, 0.15) is 25.6 Å². The number of nitrogens with zero attached hydrogens (tertiary/aromatic N) is 2. The molecule has 7 nitrogen and oxygen atoms in total. The summed E-state index contributed by atoms with van der Waals surface area (Å²) in [6.07, 6.45) is -4.89. The summed E-state index contributed by atoms with van der Waals surface area (Å²) in [6.45, 7) is 1.05. The molecular weight excluding hydrogens is 422 g/mol. The maximum absolute atomic E-state index is 13.4. The van der Waals surface area contributed by atoms with Crippen LogP contribution in [0.15, 0.2) is 36.4 Å². The number of anilines is 2. The third-order valence-electron chi connectivity index (χ3n) is 4.82. The van der Waals surface area contributed by atoms with Crippen LogP contribution < -0.4 is 19.7 Å². The van der Waals surface area contributed by atoms with E-state index in [0.717, 1.165) is 6.07 Å². The van der Waals surface area contributed by atoms with Gasteiger partial charge < -0.3 is 19.7 Å². The van der Waals surface area contributed by atoms with E-state index >= 15 is 0 Å². The number of fused-ring (bicyclic) bond motifs is 1. The number of amides is 3. The van der Waals surface area contributed by atoms with Gasteiger partial charge in [0.25, 0.3) is 0 Å². The van der Waals surface area contributed by atoms with Crippen LogP contribution in [-0.4, -0.2) is 49.7 Å². The van der Waals surface area contributed by atoms with Crippen LogP contribution in [0.4, 0.5) is 33.7 Å². The third-order valence-corrected chi connectivity index (χ3v) is 4.82. The summed E-state index contributed by atoms with van der Waals surface area (Å²) in [5.74, 6) is -1.03. The summed E-state index contributed by atoms with van der Waals surface area (Å²) < 4.78 is 62.8. The molecule has 0 spiro atoms. The molecule has 0 unspecified atom stereocenters. The van der Waals surface area contributed by atoms with Gasteiger partial charge in [-0.05, 0) is 30.3 Å². The molecule has 1 fully saturated rings. The molecule has 1 saturated heterocycles. The van der Waals surface area contributed by atoms with Crippen LogP contribution >= 0.6 is 0 Å². The van der Waals surface area contributed by atoms with E-state index < -0.39 is 29.5 Å². The van der Waals surface area contributed by atoms with Gasteiger partial charge in [-0.15, -0.1) is 0 Å². The van der Waals surface area contributed by atoms with Crippen molar-refractivity contribution in [2.75, 3.05) is 43.1 Å². The summed E-state index contributed by atoms with van der Waals surface area (Å²) >= 11 is 0. The minimum Gasteiger partial charge on any atom is -0.486 e. The van der Waals surface area contributed by atoms with E-state index in [1.54, 1.807) is 18.2 Å². The molecule has 0 saturated carbocycles. The predicted molar refractivity (Wildman–Crippen MR) is 102 cm³/mol. The van der Waals surface area contributed by atoms with Crippen molar-refractivity contribution in [1.29, 1.82) is 0 Å². The van der Waals surface area contributed by atoms with Gasteiger partial charge in [-0.2, -0.15) is 13.2 Å². The number of urea groups is 1. The monoisotopic (exact) mass is 439 g/mol. The minimum atomic E-state index is -4.89. The van der Waals surface area contributed by atoms with E-state index in [9.17, 15) is 27.2 Å². The van der Waals surface area contributed by atoms with Gasteiger partial charge in [-0.1, -0.05) is 0 Å². The van der Waals surface area contributed by atoms with Gasteiger partial charge in [0.05, 0.1) is 5.56 Å². The SMILES string of the molecule is O=C(CN1CCN(c2ccc3c(c2)OCCO3)C1=O)Nc1ccc(F)c(C(F)(F)F)c1. The lowest BCUT2D eigenvalue weighted by molar-refractivity contribution is -0.140. The molecule has 4 rings (SSSR count). The highest BCUT2D eigenvalue weighted by Gasteiger charge is 2.35. The number of hydrogen-bond donors (Lipinski definition) is 1. The first kappa shape index (κ1) is 20.8. The van der Waals surface area contributed by atoms with Crippen LogP contribution in [0.25, 0.3) is 0 Å². The number of halogens is 4. The van der Waals surface area contributed by atoms with E-state index in [2.05, 4.69) is 5.32 Å². The molecule has 11 heteroatoms. The number of nitrogens with one attached hydrogen (secondary N) is 1. The van der Waals surface area contributed by atoms with Gasteiger partial charge >= 0.3 is 12.2 Å². The van der Waals surface area contributed by atoms with Gasteiger partial charge in [0.2, 0.25) is 5.91 Å². The van der Waals surface area contributed by atoms with E-state index in [4.69, 9.17) is 9.47 Å². The van der Waals surface area contributed by atoms with Crippen molar-refractivity contribution >= 4 is 23.3 Å². The van der Waals surface area contributed by atoms with Gasteiger partial charge in [-0.25, -0.2) is 9.18 Å². The van der Waals surface area contributed by atoms with Crippen molar-refractivity contribution in [3.63, 3.8) is 0 Å². The zero-order valence-corrected chi connectivity index (χ0v) is 16.0. The molecule has 2 heterocycles. The molecule has 0 aromatic heterocycles. The van der Waals surface area contributed by atoms with Gasteiger partial charge in [0.15, 0.2) is 11.5 Å². The summed E-state index contributed by atoms with van der Waals surface area (Å²) in [4.78, 5) is 27.7. The molecule has 2 aliphatic rings. The highest BCUT2D eigenvalue weighted by Crippen LogP contribution is 2.35. The Bertz CT molecular complexity index is 1030. The fraction of sp³-hybridized carbons (Fsp3) is 0.300. The molecule has 0 radical (unpaired) electrons. The highest BCUT2D eigenvalue weighted by atomic mass is 19.4. The Morgan fingerprint density at radius 1 is 1.03 bits per heavy atom. The first-order valence-corrected chi connectivity index (χ1v) is 9.35. The Morgan fingerprint density at radius 2 is 1.77 bits per heavy atom. The maximum Gasteiger partial charge on any atom is 0.419 e. The quantitative estimate of drug-likeness (QED) is 0.741. The van der Waals surface area contributed by atoms with Crippen LogP contribution in [0.5, 0.6) is 11.5 Å². The van der Waals surface area contributed by atoms with Crippen LogP contribution in [0.3, 0.4) is 0 Å². The largest absolute Gasteiger partial charge is 0.486 e. The number of alkyl halides is 3. The molecule has 2 aromatic rings. The van der Waals surface area contributed by atoms with Gasteiger partial charge in [0, 0.05) is 30.5 Å². The molecule has 2 aliphatic heterocycles. The lowest BCUT2D eigenvalue weighted by atomic mass is 10.2. The van der Waals surface area contributed by atoms with Crippen LogP contribution in [-0.2, 0) is 11.0 Å². The Hall–Kier alpha value is -3.50. The molecule has 164 valence electrons. The van der Waals surface area contributed by atoms with E-state index in [1.807, 2.05) is 0 Å². The number of hydrogen-bond acceptors (Lipinski definition) is 4.